The standard InChI is InChI=1S/C16H20ClFN2O2/c17-13-3-1-4-14(18)15(13)16(21)20-7-2-6-19(8-9-20)12-5-10-22-11-12/h1,3-4,12H,2,5-11H2. The summed E-state index contributed by atoms with van der Waals surface area (Å²) in [6, 6.07) is 4.79. The molecule has 1 unspecified atom stereocenters. The number of carbonyl (C=O) groups is 1. The Kier molecular flexibility index (Phi) is 4.96. The highest BCUT2D eigenvalue weighted by Gasteiger charge is 2.28. The molecule has 0 bridgehead atoms. The molecule has 2 saturated heterocycles. The van der Waals surface area contributed by atoms with Gasteiger partial charge >= 0.3 is 0 Å². The molecule has 2 fully saturated rings. The van der Waals surface area contributed by atoms with Crippen LogP contribution in [0, 0.1) is 5.82 Å². The highest BCUT2D eigenvalue weighted by Crippen LogP contribution is 2.22. The summed E-state index contributed by atoms with van der Waals surface area (Å²) < 4.78 is 19.4. The van der Waals surface area contributed by atoms with Crippen molar-refractivity contribution >= 4 is 17.5 Å². The van der Waals surface area contributed by atoms with Gasteiger partial charge in [0.1, 0.15) is 5.82 Å². The van der Waals surface area contributed by atoms with E-state index in [1.807, 2.05) is 0 Å². The normalized spacial score (nSPS) is 23.5. The highest BCUT2D eigenvalue weighted by atomic mass is 35.5. The molecule has 3 rings (SSSR count). The molecule has 2 aliphatic rings. The van der Waals surface area contributed by atoms with E-state index >= 15 is 0 Å². The Morgan fingerprint density at radius 2 is 2.14 bits per heavy atom. The molecule has 1 amide bonds. The van der Waals surface area contributed by atoms with E-state index in [4.69, 9.17) is 16.3 Å². The van der Waals surface area contributed by atoms with Crippen LogP contribution in [0.3, 0.4) is 0 Å². The molecule has 4 nitrogen and oxygen atoms in total. The average Bonchev–Trinajstić information content (AvgIpc) is 2.91. The van der Waals surface area contributed by atoms with Gasteiger partial charge in [0.25, 0.3) is 5.91 Å². The molecule has 1 atom stereocenters. The van der Waals surface area contributed by atoms with Crippen molar-refractivity contribution in [3.8, 4) is 0 Å². The van der Waals surface area contributed by atoms with Gasteiger partial charge in [0, 0.05) is 38.8 Å². The van der Waals surface area contributed by atoms with Gasteiger partial charge in [-0.25, -0.2) is 4.39 Å². The average molecular weight is 327 g/mol. The first kappa shape index (κ1) is 15.7. The number of rotatable bonds is 2. The van der Waals surface area contributed by atoms with E-state index in [2.05, 4.69) is 4.90 Å². The lowest BCUT2D eigenvalue weighted by atomic mass is 10.1. The number of carbonyl (C=O) groups excluding carboxylic acids is 1. The molecule has 120 valence electrons. The Hall–Kier alpha value is -1.17. The van der Waals surface area contributed by atoms with Crippen LogP contribution in [0.2, 0.25) is 5.02 Å². The predicted molar refractivity (Wildman–Crippen MR) is 82.7 cm³/mol. The molecular weight excluding hydrogens is 307 g/mol. The molecular formula is C16H20ClFN2O2. The second-order valence-electron chi connectivity index (χ2n) is 5.80. The maximum absolute atomic E-state index is 13.9. The molecule has 0 saturated carbocycles. The second-order valence-corrected chi connectivity index (χ2v) is 6.20. The van der Waals surface area contributed by atoms with Crippen molar-refractivity contribution in [1.29, 1.82) is 0 Å². The van der Waals surface area contributed by atoms with E-state index in [1.54, 1.807) is 11.0 Å². The van der Waals surface area contributed by atoms with Crippen LogP contribution in [0.1, 0.15) is 23.2 Å². The Morgan fingerprint density at radius 1 is 1.27 bits per heavy atom. The maximum Gasteiger partial charge on any atom is 0.258 e. The van der Waals surface area contributed by atoms with Crippen molar-refractivity contribution in [3.05, 3.63) is 34.6 Å². The van der Waals surface area contributed by atoms with Crippen LogP contribution >= 0.6 is 11.6 Å². The van der Waals surface area contributed by atoms with Gasteiger partial charge in [0.15, 0.2) is 0 Å². The van der Waals surface area contributed by atoms with E-state index in [0.29, 0.717) is 19.1 Å². The first-order valence-corrected chi connectivity index (χ1v) is 8.09. The second kappa shape index (κ2) is 6.94. The molecule has 6 heteroatoms. The number of ether oxygens (including phenoxy) is 1. The minimum absolute atomic E-state index is 0.0122. The molecule has 2 heterocycles. The number of amides is 1. The molecule has 2 aliphatic heterocycles. The van der Waals surface area contributed by atoms with Crippen LogP contribution in [-0.2, 0) is 4.74 Å². The van der Waals surface area contributed by atoms with Gasteiger partial charge in [-0.3, -0.25) is 9.69 Å². The maximum atomic E-state index is 13.9. The monoisotopic (exact) mass is 326 g/mol. The fourth-order valence-electron chi connectivity index (χ4n) is 3.18. The highest BCUT2D eigenvalue weighted by molar-refractivity contribution is 6.33. The third kappa shape index (κ3) is 3.26. The van der Waals surface area contributed by atoms with E-state index in [9.17, 15) is 9.18 Å². The van der Waals surface area contributed by atoms with Crippen LogP contribution in [0.15, 0.2) is 18.2 Å². The smallest absolute Gasteiger partial charge is 0.258 e. The summed E-state index contributed by atoms with van der Waals surface area (Å²) in [5, 5.41) is 0.176. The van der Waals surface area contributed by atoms with Gasteiger partial charge in [-0.2, -0.15) is 0 Å². The Balaban J connectivity index is 1.69. The lowest BCUT2D eigenvalue weighted by Gasteiger charge is -2.26. The van der Waals surface area contributed by atoms with Crippen molar-refractivity contribution in [2.24, 2.45) is 0 Å². The van der Waals surface area contributed by atoms with Crippen LogP contribution in [0.4, 0.5) is 4.39 Å². The van der Waals surface area contributed by atoms with Crippen LogP contribution in [-0.4, -0.2) is 61.1 Å². The van der Waals surface area contributed by atoms with Crippen molar-refractivity contribution in [1.82, 2.24) is 9.80 Å². The lowest BCUT2D eigenvalue weighted by molar-refractivity contribution is 0.0752. The zero-order valence-electron chi connectivity index (χ0n) is 12.4. The van der Waals surface area contributed by atoms with Gasteiger partial charge in [0.05, 0.1) is 17.2 Å². The summed E-state index contributed by atoms with van der Waals surface area (Å²) in [6.07, 6.45) is 1.93. The van der Waals surface area contributed by atoms with Crippen molar-refractivity contribution in [2.45, 2.75) is 18.9 Å². The molecule has 0 spiro atoms. The van der Waals surface area contributed by atoms with Crippen molar-refractivity contribution in [3.63, 3.8) is 0 Å². The SMILES string of the molecule is O=C(c1c(F)cccc1Cl)N1CCCN(C2CCOC2)CC1. The van der Waals surface area contributed by atoms with Crippen LogP contribution < -0.4 is 0 Å². The molecule has 0 aromatic heterocycles. The van der Waals surface area contributed by atoms with Gasteiger partial charge in [0.2, 0.25) is 0 Å². The minimum atomic E-state index is -0.553. The predicted octanol–water partition coefficient (Wildman–Crippen LogP) is 2.42. The fourth-order valence-corrected chi connectivity index (χ4v) is 3.42. The third-order valence-corrected chi connectivity index (χ3v) is 4.73. The number of hydrogen-bond acceptors (Lipinski definition) is 3. The summed E-state index contributed by atoms with van der Waals surface area (Å²) in [7, 11) is 0. The third-order valence-electron chi connectivity index (χ3n) is 4.42. The van der Waals surface area contributed by atoms with Gasteiger partial charge < -0.3 is 9.64 Å². The summed E-state index contributed by atoms with van der Waals surface area (Å²) in [6.45, 7) is 4.56. The first-order chi connectivity index (χ1) is 10.7. The largest absolute Gasteiger partial charge is 0.380 e. The molecule has 0 aliphatic carbocycles. The summed E-state index contributed by atoms with van der Waals surface area (Å²) >= 11 is 6.00. The number of halogens is 2. The fraction of sp³-hybridized carbons (Fsp3) is 0.562. The van der Waals surface area contributed by atoms with Crippen LogP contribution in [0.5, 0.6) is 0 Å². The number of hydrogen-bond donors (Lipinski definition) is 0. The van der Waals surface area contributed by atoms with E-state index in [1.165, 1.54) is 12.1 Å². The van der Waals surface area contributed by atoms with Crippen molar-refractivity contribution < 1.29 is 13.9 Å². The zero-order chi connectivity index (χ0) is 15.5. The lowest BCUT2D eigenvalue weighted by Crippen LogP contribution is -2.40. The van der Waals surface area contributed by atoms with E-state index in [0.717, 1.165) is 39.1 Å². The number of benzene rings is 1. The summed E-state index contributed by atoms with van der Waals surface area (Å²) in [5.74, 6) is -0.865. The minimum Gasteiger partial charge on any atom is -0.380 e. The first-order valence-electron chi connectivity index (χ1n) is 7.72. The Labute approximate surface area is 134 Å². The van der Waals surface area contributed by atoms with Gasteiger partial charge in [-0.1, -0.05) is 17.7 Å². The quantitative estimate of drug-likeness (QED) is 0.836. The summed E-state index contributed by atoms with van der Waals surface area (Å²) in [4.78, 5) is 16.7. The Bertz CT molecular complexity index is 529. The van der Waals surface area contributed by atoms with E-state index in [-0.39, 0.29) is 16.5 Å². The molecule has 0 N–H and O–H groups in total. The Morgan fingerprint density at radius 3 is 2.86 bits per heavy atom. The molecule has 1 aromatic carbocycles. The van der Waals surface area contributed by atoms with Crippen LogP contribution in [0.25, 0.3) is 0 Å². The van der Waals surface area contributed by atoms with Gasteiger partial charge in [-0.15, -0.1) is 0 Å². The topological polar surface area (TPSA) is 32.8 Å². The zero-order valence-corrected chi connectivity index (χ0v) is 13.2. The number of nitrogens with zero attached hydrogens (tertiary/aromatic N) is 2. The molecule has 22 heavy (non-hydrogen) atoms. The van der Waals surface area contributed by atoms with E-state index < -0.39 is 5.82 Å². The summed E-state index contributed by atoms with van der Waals surface area (Å²) in [5.41, 5.74) is -0.0122. The van der Waals surface area contributed by atoms with Gasteiger partial charge in [-0.05, 0) is 25.0 Å². The molecule has 0 radical (unpaired) electrons. The van der Waals surface area contributed by atoms with Crippen molar-refractivity contribution in [2.75, 3.05) is 39.4 Å². The molecule has 1 aromatic rings.